The molecule has 10 heteroatoms. The van der Waals surface area contributed by atoms with Crippen LogP contribution in [0.4, 0.5) is 26.3 Å². The Kier molecular flexibility index (Phi) is 7.17. The number of aliphatic hydroxyl groups is 1. The number of hydrogen-bond acceptors (Lipinski definition) is 4. The molecule has 1 heterocycles. The molecule has 0 aliphatic carbocycles. The minimum absolute atomic E-state index is 0.0727. The lowest BCUT2D eigenvalue weighted by molar-refractivity contribution is -0.143. The molecule has 34 heavy (non-hydrogen) atoms. The Morgan fingerprint density at radius 1 is 1.03 bits per heavy atom. The maximum atomic E-state index is 13.2. The van der Waals surface area contributed by atoms with E-state index in [2.05, 4.69) is 5.32 Å². The number of β-amino-alcohol motifs (C(OH)–C–C–N with tert-alkyl or cyclic N) is 1. The Balaban J connectivity index is 1.89. The molecule has 2 aromatic rings. The van der Waals surface area contributed by atoms with Crippen LogP contribution < -0.4 is 5.32 Å². The largest absolute Gasteiger partial charge is 0.416 e. The van der Waals surface area contributed by atoms with Gasteiger partial charge in [0.25, 0.3) is 0 Å². The van der Waals surface area contributed by atoms with E-state index in [0.717, 1.165) is 5.56 Å². The van der Waals surface area contributed by atoms with Crippen molar-refractivity contribution in [3.8, 4) is 0 Å². The number of benzene rings is 2. The van der Waals surface area contributed by atoms with Crippen LogP contribution in [0.25, 0.3) is 0 Å². The molecule has 2 unspecified atom stereocenters. The number of ketones is 1. The summed E-state index contributed by atoms with van der Waals surface area (Å²) in [6.07, 6.45) is -10.6. The highest BCUT2D eigenvalue weighted by Crippen LogP contribution is 2.39. The van der Waals surface area contributed by atoms with E-state index in [0.29, 0.717) is 12.1 Å². The van der Waals surface area contributed by atoms with E-state index in [1.165, 1.54) is 13.8 Å². The van der Waals surface area contributed by atoms with Gasteiger partial charge in [-0.1, -0.05) is 30.3 Å². The fourth-order valence-electron chi connectivity index (χ4n) is 4.00. The standard InChI is InChI=1S/C24H25F6NO3/c1-15(17-10-19(23(25,26)27)12-20(11-17)24(28,29)30)34-14-21(18-6-4-3-5-7-18)8-9-22(33,13-31-21)16(2)32/h3-7,10-12,15,31,33H,8-9,13-14H2,1-2H3/t15?,21-,22?/m1/s1. The number of Topliss-reactive ketones (excluding diaryl/α,β-unsaturated/α-hetero) is 1. The summed E-state index contributed by atoms with van der Waals surface area (Å²) in [5.74, 6) is -0.403. The summed E-state index contributed by atoms with van der Waals surface area (Å²) in [6.45, 7) is 2.48. The summed E-state index contributed by atoms with van der Waals surface area (Å²) >= 11 is 0. The van der Waals surface area contributed by atoms with E-state index < -0.39 is 46.5 Å². The van der Waals surface area contributed by atoms with Crippen molar-refractivity contribution in [2.45, 2.75) is 56.3 Å². The van der Waals surface area contributed by atoms with Gasteiger partial charge in [-0.15, -0.1) is 0 Å². The van der Waals surface area contributed by atoms with Crippen LogP contribution in [0.1, 0.15) is 55.0 Å². The van der Waals surface area contributed by atoms with E-state index in [1.54, 1.807) is 30.3 Å². The SMILES string of the molecule is CC(=O)C1(O)CC[C@@](COC(C)c2cc(C(F)(F)F)cc(C(F)(F)F)c2)(c2ccccc2)NC1. The van der Waals surface area contributed by atoms with Crippen LogP contribution in [-0.4, -0.2) is 29.6 Å². The molecule has 1 aliphatic rings. The average molecular weight is 489 g/mol. The van der Waals surface area contributed by atoms with Crippen molar-refractivity contribution in [1.82, 2.24) is 5.32 Å². The Bertz CT molecular complexity index is 979. The first-order valence-electron chi connectivity index (χ1n) is 10.6. The van der Waals surface area contributed by atoms with E-state index >= 15 is 0 Å². The van der Waals surface area contributed by atoms with Crippen LogP contribution >= 0.6 is 0 Å². The second kappa shape index (κ2) is 9.31. The monoisotopic (exact) mass is 489 g/mol. The smallest absolute Gasteiger partial charge is 0.381 e. The third-order valence-electron chi connectivity index (χ3n) is 6.33. The molecule has 3 rings (SSSR count). The summed E-state index contributed by atoms with van der Waals surface area (Å²) in [5.41, 5.74) is -4.78. The highest BCUT2D eigenvalue weighted by molar-refractivity contribution is 5.85. The van der Waals surface area contributed by atoms with Crippen molar-refractivity contribution < 1.29 is 41.0 Å². The molecular weight excluding hydrogens is 464 g/mol. The number of carbonyl (C=O) groups is 1. The molecule has 1 aliphatic heterocycles. The van der Waals surface area contributed by atoms with Gasteiger partial charge in [-0.3, -0.25) is 4.79 Å². The highest BCUT2D eigenvalue weighted by Gasteiger charge is 2.45. The van der Waals surface area contributed by atoms with Crippen molar-refractivity contribution in [2.75, 3.05) is 13.2 Å². The third-order valence-corrected chi connectivity index (χ3v) is 6.33. The van der Waals surface area contributed by atoms with Gasteiger partial charge in [0.1, 0.15) is 5.60 Å². The van der Waals surface area contributed by atoms with Crippen LogP contribution in [0.15, 0.2) is 48.5 Å². The number of carbonyl (C=O) groups excluding carboxylic acids is 1. The van der Waals surface area contributed by atoms with Gasteiger partial charge in [-0.05, 0) is 56.0 Å². The number of nitrogens with one attached hydrogen (secondary N) is 1. The molecule has 0 bridgehead atoms. The van der Waals surface area contributed by atoms with E-state index in [1.807, 2.05) is 0 Å². The van der Waals surface area contributed by atoms with Gasteiger partial charge in [-0.25, -0.2) is 0 Å². The molecular formula is C24H25F6NO3. The second-order valence-corrected chi connectivity index (χ2v) is 8.68. The molecule has 0 radical (unpaired) electrons. The highest BCUT2D eigenvalue weighted by atomic mass is 19.4. The molecule has 1 fully saturated rings. The summed E-state index contributed by atoms with van der Waals surface area (Å²) in [7, 11) is 0. The summed E-state index contributed by atoms with van der Waals surface area (Å²) in [5, 5.41) is 13.7. The zero-order chi connectivity index (χ0) is 25.4. The molecule has 0 aromatic heterocycles. The fourth-order valence-corrected chi connectivity index (χ4v) is 4.00. The minimum Gasteiger partial charge on any atom is -0.381 e. The van der Waals surface area contributed by atoms with E-state index in [4.69, 9.17) is 4.74 Å². The summed E-state index contributed by atoms with van der Waals surface area (Å²) in [6, 6.07) is 10.3. The lowest BCUT2D eigenvalue weighted by Gasteiger charge is -2.44. The van der Waals surface area contributed by atoms with Gasteiger partial charge in [0.05, 0.1) is 29.4 Å². The van der Waals surface area contributed by atoms with Gasteiger partial charge >= 0.3 is 12.4 Å². The van der Waals surface area contributed by atoms with Crippen LogP contribution in [0, 0.1) is 0 Å². The first-order valence-corrected chi connectivity index (χ1v) is 10.6. The van der Waals surface area contributed by atoms with Crippen molar-refractivity contribution in [1.29, 1.82) is 0 Å². The van der Waals surface area contributed by atoms with E-state index in [9.17, 15) is 36.2 Å². The first kappa shape index (κ1) is 26.2. The first-order chi connectivity index (χ1) is 15.7. The molecule has 3 atom stereocenters. The molecule has 1 saturated heterocycles. The van der Waals surface area contributed by atoms with E-state index in [-0.39, 0.29) is 37.6 Å². The number of piperidine rings is 1. The Hall–Kier alpha value is -2.43. The van der Waals surface area contributed by atoms with Crippen molar-refractivity contribution in [2.24, 2.45) is 0 Å². The number of hydrogen-bond donors (Lipinski definition) is 2. The summed E-state index contributed by atoms with van der Waals surface area (Å²) in [4.78, 5) is 11.8. The lowest BCUT2D eigenvalue weighted by Crippen LogP contribution is -2.60. The molecule has 2 N–H and O–H groups in total. The maximum absolute atomic E-state index is 13.2. The molecule has 0 spiro atoms. The van der Waals surface area contributed by atoms with Gasteiger partial charge < -0.3 is 15.2 Å². The second-order valence-electron chi connectivity index (χ2n) is 8.68. The van der Waals surface area contributed by atoms with Crippen molar-refractivity contribution in [3.05, 3.63) is 70.8 Å². The maximum Gasteiger partial charge on any atom is 0.416 e. The summed E-state index contributed by atoms with van der Waals surface area (Å²) < 4.78 is 85.2. The molecule has 4 nitrogen and oxygen atoms in total. The number of halogens is 6. The molecule has 0 amide bonds. The predicted molar refractivity (Wildman–Crippen MR) is 112 cm³/mol. The van der Waals surface area contributed by atoms with Crippen LogP contribution in [-0.2, 0) is 27.4 Å². The zero-order valence-corrected chi connectivity index (χ0v) is 18.6. The quantitative estimate of drug-likeness (QED) is 0.534. The Morgan fingerprint density at radius 3 is 2.03 bits per heavy atom. The fraction of sp³-hybridized carbons (Fsp3) is 0.458. The average Bonchev–Trinajstić information content (AvgIpc) is 2.78. The number of ether oxygens (including phenoxy) is 1. The zero-order valence-electron chi connectivity index (χ0n) is 18.6. The Morgan fingerprint density at radius 2 is 1.59 bits per heavy atom. The van der Waals surface area contributed by atoms with Crippen LogP contribution in [0.5, 0.6) is 0 Å². The molecule has 2 aromatic carbocycles. The third kappa shape index (κ3) is 5.61. The number of rotatable bonds is 6. The normalized spacial score (nSPS) is 24.6. The minimum atomic E-state index is -4.96. The van der Waals surface area contributed by atoms with Crippen LogP contribution in [0.2, 0.25) is 0 Å². The van der Waals surface area contributed by atoms with Gasteiger partial charge in [0.15, 0.2) is 5.78 Å². The topological polar surface area (TPSA) is 58.6 Å². The van der Waals surface area contributed by atoms with Crippen LogP contribution in [0.3, 0.4) is 0 Å². The van der Waals surface area contributed by atoms with Gasteiger partial charge in [0, 0.05) is 6.54 Å². The molecule has 186 valence electrons. The lowest BCUT2D eigenvalue weighted by atomic mass is 9.76. The van der Waals surface area contributed by atoms with Gasteiger partial charge in [0.2, 0.25) is 0 Å². The Labute approximate surface area is 192 Å². The molecule has 0 saturated carbocycles. The predicted octanol–water partition coefficient (Wildman–Crippen LogP) is 5.40. The number of alkyl halides is 6. The van der Waals surface area contributed by atoms with Gasteiger partial charge in [-0.2, -0.15) is 26.3 Å². The van der Waals surface area contributed by atoms with Crippen molar-refractivity contribution in [3.63, 3.8) is 0 Å². The van der Waals surface area contributed by atoms with Crippen molar-refractivity contribution >= 4 is 5.78 Å².